The molecule has 0 saturated carbocycles. The van der Waals surface area contributed by atoms with Crippen LogP contribution in [-0.2, 0) is 4.74 Å². The predicted octanol–water partition coefficient (Wildman–Crippen LogP) is 3.86. The lowest BCUT2D eigenvalue weighted by molar-refractivity contribution is -0.0849. The van der Waals surface area contributed by atoms with Gasteiger partial charge in [-0.25, -0.2) is 4.39 Å². The zero-order valence-electron chi connectivity index (χ0n) is 11.7. The van der Waals surface area contributed by atoms with Gasteiger partial charge in [0, 0.05) is 6.42 Å². The van der Waals surface area contributed by atoms with E-state index in [2.05, 4.69) is 0 Å². The second kappa shape index (κ2) is 4.23. The highest BCUT2D eigenvalue weighted by atomic mass is 19.1. The van der Waals surface area contributed by atoms with Crippen LogP contribution in [0.3, 0.4) is 0 Å². The Morgan fingerprint density at radius 2 is 1.94 bits per heavy atom. The van der Waals surface area contributed by atoms with Gasteiger partial charge in [0.25, 0.3) is 0 Å². The lowest BCUT2D eigenvalue weighted by Crippen LogP contribution is -2.36. The molecule has 1 fully saturated rings. The molecule has 0 N–H and O–H groups in total. The Morgan fingerprint density at radius 3 is 2.50 bits per heavy atom. The van der Waals surface area contributed by atoms with Gasteiger partial charge in [-0.05, 0) is 46.2 Å². The van der Waals surface area contributed by atoms with Crippen molar-refractivity contribution < 1.29 is 13.9 Å². The zero-order chi connectivity index (χ0) is 13.6. The quantitative estimate of drug-likeness (QED) is 0.795. The molecule has 1 aromatic carbocycles. The molecule has 1 aliphatic rings. The first-order valence-electron chi connectivity index (χ1n) is 6.33. The van der Waals surface area contributed by atoms with E-state index in [1.54, 1.807) is 19.1 Å². The lowest BCUT2D eigenvalue weighted by Gasteiger charge is -2.27. The van der Waals surface area contributed by atoms with Crippen molar-refractivity contribution in [2.45, 2.75) is 58.3 Å². The fourth-order valence-corrected chi connectivity index (χ4v) is 2.56. The molecule has 1 aliphatic heterocycles. The molecule has 0 aromatic heterocycles. The van der Waals surface area contributed by atoms with Crippen LogP contribution in [0.5, 0.6) is 5.75 Å². The highest BCUT2D eigenvalue weighted by Crippen LogP contribution is 2.40. The standard InChI is InChI=1S/C15H21FO2/c1-10-7-6-8-11(13(10)16)17-12-9-14(2,3)18-15(12,4)5/h6-8,12H,9H2,1-5H3. The van der Waals surface area contributed by atoms with Gasteiger partial charge in [0.05, 0.1) is 5.60 Å². The van der Waals surface area contributed by atoms with E-state index in [0.717, 1.165) is 6.42 Å². The van der Waals surface area contributed by atoms with Crippen LogP contribution in [0.15, 0.2) is 18.2 Å². The Labute approximate surface area is 108 Å². The van der Waals surface area contributed by atoms with Crippen LogP contribution in [0.4, 0.5) is 4.39 Å². The van der Waals surface area contributed by atoms with E-state index in [1.807, 2.05) is 33.8 Å². The fraction of sp³-hybridized carbons (Fsp3) is 0.600. The maximum absolute atomic E-state index is 13.9. The number of aryl methyl sites for hydroxylation is 1. The molecule has 3 heteroatoms. The van der Waals surface area contributed by atoms with Crippen LogP contribution in [0, 0.1) is 12.7 Å². The Balaban J connectivity index is 2.22. The average Bonchev–Trinajstić information content (AvgIpc) is 2.42. The van der Waals surface area contributed by atoms with Crippen molar-refractivity contribution in [1.82, 2.24) is 0 Å². The molecule has 2 rings (SSSR count). The van der Waals surface area contributed by atoms with Gasteiger partial charge in [-0.3, -0.25) is 0 Å². The average molecular weight is 252 g/mol. The summed E-state index contributed by atoms with van der Waals surface area (Å²) in [6.45, 7) is 9.78. The van der Waals surface area contributed by atoms with Gasteiger partial charge < -0.3 is 9.47 Å². The van der Waals surface area contributed by atoms with E-state index in [0.29, 0.717) is 11.3 Å². The normalized spacial score (nSPS) is 25.1. The van der Waals surface area contributed by atoms with Gasteiger partial charge in [0.2, 0.25) is 0 Å². The fourth-order valence-electron chi connectivity index (χ4n) is 2.56. The maximum Gasteiger partial charge on any atom is 0.167 e. The van der Waals surface area contributed by atoms with Crippen LogP contribution >= 0.6 is 0 Å². The highest BCUT2D eigenvalue weighted by molar-refractivity contribution is 5.30. The molecule has 18 heavy (non-hydrogen) atoms. The SMILES string of the molecule is Cc1cccc(OC2CC(C)(C)OC2(C)C)c1F. The van der Waals surface area contributed by atoms with Gasteiger partial charge in [-0.2, -0.15) is 0 Å². The summed E-state index contributed by atoms with van der Waals surface area (Å²) >= 11 is 0. The summed E-state index contributed by atoms with van der Waals surface area (Å²) in [7, 11) is 0. The Kier molecular flexibility index (Phi) is 3.14. The topological polar surface area (TPSA) is 18.5 Å². The minimum Gasteiger partial charge on any atom is -0.484 e. The Bertz CT molecular complexity index is 452. The third-order valence-electron chi connectivity index (χ3n) is 3.42. The molecule has 0 aliphatic carbocycles. The van der Waals surface area contributed by atoms with Gasteiger partial charge in [0.15, 0.2) is 11.6 Å². The molecule has 100 valence electrons. The maximum atomic E-state index is 13.9. The molecule has 1 unspecified atom stereocenters. The van der Waals surface area contributed by atoms with Crippen LogP contribution in [0.25, 0.3) is 0 Å². The minimum absolute atomic E-state index is 0.135. The molecule has 2 nitrogen and oxygen atoms in total. The summed E-state index contributed by atoms with van der Waals surface area (Å²) in [5.74, 6) is 0.0346. The van der Waals surface area contributed by atoms with Crippen molar-refractivity contribution in [3.05, 3.63) is 29.6 Å². The minimum atomic E-state index is -0.403. The van der Waals surface area contributed by atoms with Crippen molar-refractivity contribution in [3.8, 4) is 5.75 Å². The number of halogens is 1. The summed E-state index contributed by atoms with van der Waals surface area (Å²) < 4.78 is 25.7. The van der Waals surface area contributed by atoms with Gasteiger partial charge in [-0.1, -0.05) is 12.1 Å². The second-order valence-corrected chi connectivity index (χ2v) is 6.16. The van der Waals surface area contributed by atoms with E-state index >= 15 is 0 Å². The van der Waals surface area contributed by atoms with Crippen molar-refractivity contribution in [1.29, 1.82) is 0 Å². The third-order valence-corrected chi connectivity index (χ3v) is 3.42. The molecule has 1 saturated heterocycles. The monoisotopic (exact) mass is 252 g/mol. The van der Waals surface area contributed by atoms with Crippen molar-refractivity contribution in [3.63, 3.8) is 0 Å². The van der Waals surface area contributed by atoms with E-state index in [1.165, 1.54) is 0 Å². The number of rotatable bonds is 2. The first-order valence-corrected chi connectivity index (χ1v) is 6.33. The van der Waals surface area contributed by atoms with E-state index in [9.17, 15) is 4.39 Å². The zero-order valence-corrected chi connectivity index (χ0v) is 11.7. The molecule has 1 aromatic rings. The molecule has 1 heterocycles. The molecule has 1 atom stereocenters. The number of ether oxygens (including phenoxy) is 2. The first-order chi connectivity index (χ1) is 8.21. The molecular formula is C15H21FO2. The van der Waals surface area contributed by atoms with Crippen LogP contribution in [0.1, 0.15) is 39.7 Å². The Morgan fingerprint density at radius 1 is 1.28 bits per heavy atom. The van der Waals surface area contributed by atoms with E-state index in [-0.39, 0.29) is 17.5 Å². The smallest absolute Gasteiger partial charge is 0.167 e. The number of benzene rings is 1. The van der Waals surface area contributed by atoms with E-state index < -0.39 is 5.60 Å². The van der Waals surface area contributed by atoms with Crippen molar-refractivity contribution in [2.75, 3.05) is 0 Å². The molecular weight excluding hydrogens is 231 g/mol. The highest BCUT2D eigenvalue weighted by Gasteiger charge is 2.47. The number of hydrogen-bond donors (Lipinski definition) is 0. The molecule has 0 radical (unpaired) electrons. The third kappa shape index (κ3) is 2.51. The summed E-state index contributed by atoms with van der Waals surface area (Å²) in [5, 5.41) is 0. The van der Waals surface area contributed by atoms with Gasteiger partial charge in [-0.15, -0.1) is 0 Å². The summed E-state index contributed by atoms with van der Waals surface area (Å²) in [6.07, 6.45) is 0.622. The summed E-state index contributed by atoms with van der Waals surface area (Å²) in [6, 6.07) is 5.22. The predicted molar refractivity (Wildman–Crippen MR) is 69.4 cm³/mol. The van der Waals surface area contributed by atoms with Crippen molar-refractivity contribution >= 4 is 0 Å². The Hall–Kier alpha value is -1.09. The molecule has 0 bridgehead atoms. The van der Waals surface area contributed by atoms with Gasteiger partial charge in [0.1, 0.15) is 11.7 Å². The largest absolute Gasteiger partial charge is 0.484 e. The first kappa shape index (κ1) is 13.3. The van der Waals surface area contributed by atoms with Gasteiger partial charge >= 0.3 is 0 Å². The van der Waals surface area contributed by atoms with Crippen LogP contribution in [0.2, 0.25) is 0 Å². The number of hydrogen-bond acceptors (Lipinski definition) is 2. The second-order valence-electron chi connectivity index (χ2n) is 6.16. The van der Waals surface area contributed by atoms with E-state index in [4.69, 9.17) is 9.47 Å². The summed E-state index contributed by atoms with van der Waals surface area (Å²) in [4.78, 5) is 0. The molecule has 0 spiro atoms. The van der Waals surface area contributed by atoms with Crippen molar-refractivity contribution in [2.24, 2.45) is 0 Å². The van der Waals surface area contributed by atoms with Crippen LogP contribution in [-0.4, -0.2) is 17.3 Å². The lowest BCUT2D eigenvalue weighted by atomic mass is 9.97. The van der Waals surface area contributed by atoms with Crippen LogP contribution < -0.4 is 4.74 Å². The molecule has 0 amide bonds. The summed E-state index contributed by atoms with van der Waals surface area (Å²) in [5.41, 5.74) is -0.0304.